The molecule has 7 heteroatoms. The molecule has 0 aromatic heterocycles. The molecule has 0 unspecified atom stereocenters. The topological polar surface area (TPSA) is 111 Å². The Morgan fingerprint density at radius 2 is 1.84 bits per heavy atom. The van der Waals surface area contributed by atoms with E-state index in [-0.39, 0.29) is 12.5 Å². The van der Waals surface area contributed by atoms with Gasteiger partial charge in [0.25, 0.3) is 0 Å². The maximum absolute atomic E-state index is 11.9. The lowest BCUT2D eigenvalue weighted by molar-refractivity contribution is -0.128. The summed E-state index contributed by atoms with van der Waals surface area (Å²) in [5.74, 6) is -1.31. The van der Waals surface area contributed by atoms with Gasteiger partial charge >= 0.3 is 6.09 Å². The Morgan fingerprint density at radius 1 is 1.26 bits per heavy atom. The second-order valence-electron chi connectivity index (χ2n) is 4.39. The summed E-state index contributed by atoms with van der Waals surface area (Å²) in [4.78, 5) is 34.2. The molecule has 7 nitrogen and oxygen atoms in total. The molecule has 0 heterocycles. The third-order valence-corrected chi connectivity index (χ3v) is 2.34. The van der Waals surface area contributed by atoms with Crippen LogP contribution in [-0.2, 0) is 14.3 Å². The van der Waals surface area contributed by atoms with Crippen LogP contribution in [0.2, 0.25) is 0 Å². The van der Waals surface area contributed by atoms with Gasteiger partial charge in [-0.15, -0.1) is 0 Å². The molecule has 0 aliphatic heterocycles. The fourth-order valence-corrected chi connectivity index (χ4v) is 1.21. The predicted octanol–water partition coefficient (Wildman–Crippen LogP) is -0.0868. The van der Waals surface area contributed by atoms with E-state index in [1.807, 2.05) is 0 Å². The molecule has 3 amide bonds. The first kappa shape index (κ1) is 16.9. The SMILES string of the molecule is C=CCOC(=O)N[C@H](C(=O)N[C@@H](C)C(N)=O)C(C)C. The summed E-state index contributed by atoms with van der Waals surface area (Å²) >= 11 is 0. The molecule has 0 fully saturated rings. The number of hydrogen-bond donors (Lipinski definition) is 3. The van der Waals surface area contributed by atoms with Gasteiger partial charge in [-0.25, -0.2) is 4.79 Å². The van der Waals surface area contributed by atoms with Gasteiger partial charge in [-0.1, -0.05) is 26.5 Å². The molecular formula is C12H21N3O4. The fourth-order valence-electron chi connectivity index (χ4n) is 1.21. The number of hydrogen-bond acceptors (Lipinski definition) is 4. The molecule has 0 saturated carbocycles. The quantitative estimate of drug-likeness (QED) is 0.562. The Bertz CT molecular complexity index is 355. The number of amides is 3. The van der Waals surface area contributed by atoms with Gasteiger partial charge in [0.05, 0.1) is 0 Å². The van der Waals surface area contributed by atoms with Gasteiger partial charge in [-0.3, -0.25) is 9.59 Å². The van der Waals surface area contributed by atoms with Crippen LogP contribution in [0.15, 0.2) is 12.7 Å². The highest BCUT2D eigenvalue weighted by Crippen LogP contribution is 2.03. The summed E-state index contributed by atoms with van der Waals surface area (Å²) in [6, 6.07) is -1.61. The van der Waals surface area contributed by atoms with E-state index in [4.69, 9.17) is 10.5 Å². The lowest BCUT2D eigenvalue weighted by Gasteiger charge is -2.22. The standard InChI is InChI=1S/C12H21N3O4/c1-5-6-19-12(18)15-9(7(2)3)11(17)14-8(4)10(13)16/h5,7-9H,1,6H2,2-4H3,(H2,13,16)(H,14,17)(H,15,18)/t8-,9-/m0/s1. The van der Waals surface area contributed by atoms with E-state index in [1.54, 1.807) is 13.8 Å². The molecule has 0 aliphatic rings. The molecule has 0 saturated heterocycles. The van der Waals surface area contributed by atoms with Gasteiger partial charge in [0, 0.05) is 0 Å². The monoisotopic (exact) mass is 271 g/mol. The molecule has 0 radical (unpaired) electrons. The lowest BCUT2D eigenvalue weighted by Crippen LogP contribution is -2.54. The highest BCUT2D eigenvalue weighted by molar-refractivity contribution is 5.90. The average Bonchev–Trinajstić information content (AvgIpc) is 2.32. The van der Waals surface area contributed by atoms with Crippen LogP contribution in [0.4, 0.5) is 4.79 Å². The van der Waals surface area contributed by atoms with Crippen LogP contribution < -0.4 is 16.4 Å². The molecule has 108 valence electrons. The number of alkyl carbamates (subject to hydrolysis) is 1. The normalized spacial score (nSPS) is 13.3. The molecule has 0 aromatic carbocycles. The fraction of sp³-hybridized carbons (Fsp3) is 0.583. The smallest absolute Gasteiger partial charge is 0.408 e. The molecule has 19 heavy (non-hydrogen) atoms. The first-order valence-electron chi connectivity index (χ1n) is 5.93. The third-order valence-electron chi connectivity index (χ3n) is 2.34. The minimum absolute atomic E-state index is 0.0515. The Balaban J connectivity index is 4.55. The van der Waals surface area contributed by atoms with E-state index >= 15 is 0 Å². The number of primary amides is 1. The number of ether oxygens (including phenoxy) is 1. The molecule has 0 aromatic rings. The van der Waals surface area contributed by atoms with Crippen molar-refractivity contribution >= 4 is 17.9 Å². The lowest BCUT2D eigenvalue weighted by atomic mass is 10.0. The van der Waals surface area contributed by atoms with Gasteiger partial charge in [-0.2, -0.15) is 0 Å². The van der Waals surface area contributed by atoms with Crippen molar-refractivity contribution in [3.63, 3.8) is 0 Å². The summed E-state index contributed by atoms with van der Waals surface area (Å²) in [6.45, 7) is 8.44. The van der Waals surface area contributed by atoms with Crippen LogP contribution in [0, 0.1) is 5.92 Å². The van der Waals surface area contributed by atoms with Crippen molar-refractivity contribution in [2.45, 2.75) is 32.9 Å². The summed E-state index contributed by atoms with van der Waals surface area (Å²) in [5, 5.41) is 4.84. The van der Waals surface area contributed by atoms with Crippen molar-refractivity contribution in [3.05, 3.63) is 12.7 Å². The van der Waals surface area contributed by atoms with Crippen LogP contribution in [-0.4, -0.2) is 36.6 Å². The molecule has 4 N–H and O–H groups in total. The maximum Gasteiger partial charge on any atom is 0.408 e. The first-order valence-corrected chi connectivity index (χ1v) is 5.93. The van der Waals surface area contributed by atoms with Crippen molar-refractivity contribution < 1.29 is 19.1 Å². The Labute approximate surface area is 112 Å². The van der Waals surface area contributed by atoms with E-state index in [1.165, 1.54) is 13.0 Å². The zero-order valence-electron chi connectivity index (χ0n) is 11.4. The Kier molecular flexibility index (Phi) is 7.25. The molecule has 0 rings (SSSR count). The molecule has 0 aliphatic carbocycles. The van der Waals surface area contributed by atoms with Crippen LogP contribution in [0.5, 0.6) is 0 Å². The van der Waals surface area contributed by atoms with Crippen molar-refractivity contribution in [3.8, 4) is 0 Å². The Morgan fingerprint density at radius 3 is 2.26 bits per heavy atom. The number of carbonyl (C=O) groups is 3. The summed E-state index contributed by atoms with van der Waals surface area (Å²) < 4.78 is 4.73. The summed E-state index contributed by atoms with van der Waals surface area (Å²) in [5.41, 5.74) is 5.05. The zero-order chi connectivity index (χ0) is 15.0. The van der Waals surface area contributed by atoms with Crippen LogP contribution in [0.1, 0.15) is 20.8 Å². The summed E-state index contributed by atoms with van der Waals surface area (Å²) in [7, 11) is 0. The van der Waals surface area contributed by atoms with Gasteiger partial charge in [0.1, 0.15) is 18.7 Å². The van der Waals surface area contributed by atoms with Crippen LogP contribution in [0.25, 0.3) is 0 Å². The molecule has 0 bridgehead atoms. The van der Waals surface area contributed by atoms with Crippen molar-refractivity contribution in [2.24, 2.45) is 11.7 Å². The molecular weight excluding hydrogens is 250 g/mol. The number of carbonyl (C=O) groups excluding carboxylic acids is 3. The minimum Gasteiger partial charge on any atom is -0.445 e. The Hall–Kier alpha value is -2.05. The number of nitrogens with one attached hydrogen (secondary N) is 2. The van der Waals surface area contributed by atoms with Crippen molar-refractivity contribution in [2.75, 3.05) is 6.61 Å². The van der Waals surface area contributed by atoms with E-state index in [0.29, 0.717) is 0 Å². The zero-order valence-corrected chi connectivity index (χ0v) is 11.4. The predicted molar refractivity (Wildman–Crippen MR) is 70.1 cm³/mol. The average molecular weight is 271 g/mol. The molecule has 0 spiro atoms. The second kappa shape index (κ2) is 8.12. The van der Waals surface area contributed by atoms with Gasteiger partial charge in [0.15, 0.2) is 0 Å². The number of rotatable bonds is 7. The van der Waals surface area contributed by atoms with Crippen molar-refractivity contribution in [1.29, 1.82) is 0 Å². The highest BCUT2D eigenvalue weighted by atomic mass is 16.5. The maximum atomic E-state index is 11.9. The first-order chi connectivity index (χ1) is 8.79. The second-order valence-corrected chi connectivity index (χ2v) is 4.39. The van der Waals surface area contributed by atoms with E-state index in [2.05, 4.69) is 17.2 Å². The highest BCUT2D eigenvalue weighted by Gasteiger charge is 2.26. The van der Waals surface area contributed by atoms with E-state index in [9.17, 15) is 14.4 Å². The van der Waals surface area contributed by atoms with Gasteiger partial charge < -0.3 is 21.1 Å². The minimum atomic E-state index is -0.806. The van der Waals surface area contributed by atoms with Crippen molar-refractivity contribution in [1.82, 2.24) is 10.6 Å². The number of nitrogens with two attached hydrogens (primary N) is 1. The third kappa shape index (κ3) is 6.44. The summed E-state index contributed by atoms with van der Waals surface area (Å²) in [6.07, 6.45) is 0.694. The van der Waals surface area contributed by atoms with Gasteiger partial charge in [0.2, 0.25) is 11.8 Å². The van der Waals surface area contributed by atoms with E-state index in [0.717, 1.165) is 0 Å². The van der Waals surface area contributed by atoms with Crippen LogP contribution in [0.3, 0.4) is 0 Å². The molecule has 2 atom stereocenters. The van der Waals surface area contributed by atoms with E-state index < -0.39 is 30.0 Å². The van der Waals surface area contributed by atoms with Crippen LogP contribution >= 0.6 is 0 Å². The largest absolute Gasteiger partial charge is 0.445 e. The van der Waals surface area contributed by atoms with Gasteiger partial charge in [-0.05, 0) is 12.8 Å².